The summed E-state index contributed by atoms with van der Waals surface area (Å²) in [5.41, 5.74) is 0. The third kappa shape index (κ3) is 3.95. The molecule has 0 spiro atoms. The number of carbonyl (C=O) groups excluding carboxylic acids is 1. The van der Waals surface area contributed by atoms with Crippen molar-refractivity contribution < 1.29 is 14.7 Å². The predicted octanol–water partition coefficient (Wildman–Crippen LogP) is 1.34. The van der Waals surface area contributed by atoms with Crippen molar-refractivity contribution >= 4 is 11.9 Å². The average molecular weight is 282 g/mol. The maximum atomic E-state index is 12.5. The van der Waals surface area contributed by atoms with Gasteiger partial charge in [0.1, 0.15) is 0 Å². The van der Waals surface area contributed by atoms with Crippen molar-refractivity contribution in [2.45, 2.75) is 39.0 Å². The van der Waals surface area contributed by atoms with Gasteiger partial charge in [-0.25, -0.2) is 0 Å². The van der Waals surface area contributed by atoms with Crippen LogP contribution in [0.3, 0.4) is 0 Å². The summed E-state index contributed by atoms with van der Waals surface area (Å²) in [6, 6.07) is 0. The molecule has 2 N–H and O–H groups in total. The lowest BCUT2D eigenvalue weighted by atomic mass is 9.84. The van der Waals surface area contributed by atoms with E-state index in [0.29, 0.717) is 5.92 Å². The number of carboxylic acid groups (broad SMARTS) is 1. The van der Waals surface area contributed by atoms with E-state index in [4.69, 9.17) is 5.11 Å². The van der Waals surface area contributed by atoms with E-state index in [0.717, 1.165) is 51.9 Å². The van der Waals surface area contributed by atoms with Gasteiger partial charge in [0.15, 0.2) is 0 Å². The molecule has 1 amide bonds. The van der Waals surface area contributed by atoms with Crippen LogP contribution < -0.4 is 5.32 Å². The molecule has 2 aliphatic heterocycles. The highest BCUT2D eigenvalue weighted by molar-refractivity contribution is 5.79. The third-order valence-electron chi connectivity index (χ3n) is 4.72. The number of carboxylic acids is 1. The van der Waals surface area contributed by atoms with Gasteiger partial charge >= 0.3 is 5.97 Å². The molecule has 2 heterocycles. The van der Waals surface area contributed by atoms with E-state index in [1.165, 1.54) is 0 Å². The molecule has 0 aromatic rings. The van der Waals surface area contributed by atoms with Crippen molar-refractivity contribution in [1.82, 2.24) is 10.2 Å². The largest absolute Gasteiger partial charge is 0.481 e. The number of aliphatic carboxylic acids is 1. The van der Waals surface area contributed by atoms with Gasteiger partial charge in [0, 0.05) is 26.1 Å². The van der Waals surface area contributed by atoms with Crippen LogP contribution >= 0.6 is 0 Å². The minimum atomic E-state index is -0.738. The minimum Gasteiger partial charge on any atom is -0.481 e. The molecule has 2 aliphatic rings. The first-order valence-corrected chi connectivity index (χ1v) is 7.79. The smallest absolute Gasteiger partial charge is 0.303 e. The van der Waals surface area contributed by atoms with E-state index in [2.05, 4.69) is 5.32 Å². The summed E-state index contributed by atoms with van der Waals surface area (Å²) in [6.45, 7) is 5.39. The Hall–Kier alpha value is -1.10. The number of rotatable bonds is 4. The molecule has 0 bridgehead atoms. The monoisotopic (exact) mass is 282 g/mol. The summed E-state index contributed by atoms with van der Waals surface area (Å²) < 4.78 is 0. The van der Waals surface area contributed by atoms with Crippen LogP contribution in [0.4, 0.5) is 0 Å². The lowest BCUT2D eigenvalue weighted by Crippen LogP contribution is -2.47. The Morgan fingerprint density at radius 3 is 2.80 bits per heavy atom. The number of hydrogen-bond donors (Lipinski definition) is 2. The molecule has 2 saturated heterocycles. The van der Waals surface area contributed by atoms with Crippen LogP contribution in [0.5, 0.6) is 0 Å². The van der Waals surface area contributed by atoms with Crippen molar-refractivity contribution in [3.8, 4) is 0 Å². The van der Waals surface area contributed by atoms with E-state index in [1.54, 1.807) is 0 Å². The number of piperidine rings is 2. The van der Waals surface area contributed by atoms with Crippen LogP contribution in [-0.2, 0) is 9.59 Å². The standard InChI is InChI=1S/C15H26N2O3/c1-11(8-14(18)19)13-5-3-7-17(10-13)15(20)12-4-2-6-16-9-12/h11-13,16H,2-10H2,1H3,(H,18,19)/t11?,12-,13?/m0/s1. The number of likely N-dealkylation sites (tertiary alicyclic amines) is 1. The molecular formula is C15H26N2O3. The van der Waals surface area contributed by atoms with Gasteiger partial charge in [-0.3, -0.25) is 9.59 Å². The van der Waals surface area contributed by atoms with Crippen molar-refractivity contribution in [1.29, 1.82) is 0 Å². The number of nitrogens with one attached hydrogen (secondary N) is 1. The van der Waals surface area contributed by atoms with Gasteiger partial charge in [0.05, 0.1) is 5.92 Å². The molecule has 0 aromatic carbocycles. The zero-order chi connectivity index (χ0) is 14.5. The minimum absolute atomic E-state index is 0.122. The van der Waals surface area contributed by atoms with Crippen LogP contribution in [0.2, 0.25) is 0 Å². The average Bonchev–Trinajstić information content (AvgIpc) is 2.47. The summed E-state index contributed by atoms with van der Waals surface area (Å²) in [5.74, 6) is 0.132. The fourth-order valence-electron chi connectivity index (χ4n) is 3.44. The summed E-state index contributed by atoms with van der Waals surface area (Å²) in [7, 11) is 0. The molecule has 2 unspecified atom stereocenters. The highest BCUT2D eigenvalue weighted by Crippen LogP contribution is 2.27. The van der Waals surface area contributed by atoms with Gasteiger partial charge in [-0.1, -0.05) is 6.92 Å². The van der Waals surface area contributed by atoms with E-state index in [1.807, 2.05) is 11.8 Å². The maximum absolute atomic E-state index is 12.5. The van der Waals surface area contributed by atoms with Crippen LogP contribution in [0, 0.1) is 17.8 Å². The molecule has 0 radical (unpaired) electrons. The Morgan fingerprint density at radius 2 is 2.15 bits per heavy atom. The Bertz CT molecular complexity index is 353. The van der Waals surface area contributed by atoms with Crippen LogP contribution in [0.15, 0.2) is 0 Å². The Balaban J connectivity index is 1.88. The summed E-state index contributed by atoms with van der Waals surface area (Å²) >= 11 is 0. The lowest BCUT2D eigenvalue weighted by Gasteiger charge is -2.38. The molecule has 2 rings (SSSR count). The van der Waals surface area contributed by atoms with Crippen LogP contribution in [-0.4, -0.2) is 48.1 Å². The molecule has 0 saturated carbocycles. The first kappa shape index (κ1) is 15.3. The molecule has 5 nitrogen and oxygen atoms in total. The summed E-state index contributed by atoms with van der Waals surface area (Å²) in [5, 5.41) is 12.2. The summed E-state index contributed by atoms with van der Waals surface area (Å²) in [6.07, 6.45) is 4.31. The van der Waals surface area contributed by atoms with Gasteiger partial charge in [-0.15, -0.1) is 0 Å². The Labute approximate surface area is 120 Å². The first-order valence-electron chi connectivity index (χ1n) is 7.79. The van der Waals surface area contributed by atoms with E-state index < -0.39 is 5.97 Å². The van der Waals surface area contributed by atoms with Crippen LogP contribution in [0.25, 0.3) is 0 Å². The van der Waals surface area contributed by atoms with Crippen molar-refractivity contribution in [2.24, 2.45) is 17.8 Å². The second kappa shape index (κ2) is 7.07. The lowest BCUT2D eigenvalue weighted by molar-refractivity contribution is -0.139. The van der Waals surface area contributed by atoms with Crippen LogP contribution in [0.1, 0.15) is 39.0 Å². The second-order valence-corrected chi connectivity index (χ2v) is 6.30. The van der Waals surface area contributed by atoms with Gasteiger partial charge < -0.3 is 15.3 Å². The Kier molecular flexibility index (Phi) is 5.40. The van der Waals surface area contributed by atoms with Gasteiger partial charge in [-0.2, -0.15) is 0 Å². The molecule has 0 aliphatic carbocycles. The molecule has 3 atom stereocenters. The zero-order valence-electron chi connectivity index (χ0n) is 12.3. The van der Waals surface area contributed by atoms with Gasteiger partial charge in [0.2, 0.25) is 5.91 Å². The molecule has 5 heteroatoms. The molecule has 20 heavy (non-hydrogen) atoms. The quantitative estimate of drug-likeness (QED) is 0.816. The molecule has 114 valence electrons. The van der Waals surface area contributed by atoms with E-state index in [9.17, 15) is 9.59 Å². The fourth-order valence-corrected chi connectivity index (χ4v) is 3.44. The number of hydrogen-bond acceptors (Lipinski definition) is 3. The fraction of sp³-hybridized carbons (Fsp3) is 0.867. The van der Waals surface area contributed by atoms with E-state index in [-0.39, 0.29) is 24.2 Å². The van der Waals surface area contributed by atoms with E-state index >= 15 is 0 Å². The number of amides is 1. The first-order chi connectivity index (χ1) is 9.58. The van der Waals surface area contributed by atoms with Crippen molar-refractivity contribution in [3.05, 3.63) is 0 Å². The van der Waals surface area contributed by atoms with Gasteiger partial charge in [0.25, 0.3) is 0 Å². The topological polar surface area (TPSA) is 69.6 Å². The normalized spacial score (nSPS) is 28.9. The predicted molar refractivity (Wildman–Crippen MR) is 76.3 cm³/mol. The van der Waals surface area contributed by atoms with Crippen molar-refractivity contribution in [2.75, 3.05) is 26.2 Å². The highest BCUT2D eigenvalue weighted by atomic mass is 16.4. The molecular weight excluding hydrogens is 256 g/mol. The SMILES string of the molecule is CC(CC(=O)O)C1CCCN(C(=O)[C@H]2CCCNC2)C1. The number of carbonyl (C=O) groups is 2. The molecule has 0 aromatic heterocycles. The third-order valence-corrected chi connectivity index (χ3v) is 4.72. The molecule has 2 fully saturated rings. The maximum Gasteiger partial charge on any atom is 0.303 e. The zero-order valence-corrected chi connectivity index (χ0v) is 12.3. The van der Waals surface area contributed by atoms with Crippen molar-refractivity contribution in [3.63, 3.8) is 0 Å². The summed E-state index contributed by atoms with van der Waals surface area (Å²) in [4.78, 5) is 25.3. The van der Waals surface area contributed by atoms with Gasteiger partial charge in [-0.05, 0) is 44.1 Å². The highest BCUT2D eigenvalue weighted by Gasteiger charge is 2.32. The Morgan fingerprint density at radius 1 is 1.35 bits per heavy atom. The second-order valence-electron chi connectivity index (χ2n) is 6.30. The number of nitrogens with zero attached hydrogens (tertiary/aromatic N) is 1.